The van der Waals surface area contributed by atoms with Gasteiger partial charge in [0.15, 0.2) is 11.6 Å². The van der Waals surface area contributed by atoms with Crippen LogP contribution in [0.2, 0.25) is 0 Å². The van der Waals surface area contributed by atoms with Crippen LogP contribution in [0.25, 0.3) is 10.4 Å². The summed E-state index contributed by atoms with van der Waals surface area (Å²) in [6.07, 6.45) is 0. The maximum Gasteiger partial charge on any atom is 0.160 e. The highest BCUT2D eigenvalue weighted by molar-refractivity contribution is 5.34. The van der Waals surface area contributed by atoms with Gasteiger partial charge in [0.25, 0.3) is 0 Å². The smallest absolute Gasteiger partial charge is 0.160 e. The van der Waals surface area contributed by atoms with Crippen molar-refractivity contribution < 1.29 is 8.78 Å². The molecule has 0 saturated heterocycles. The molecule has 0 bridgehead atoms. The lowest BCUT2D eigenvalue weighted by Crippen LogP contribution is -1.84. The van der Waals surface area contributed by atoms with Crippen LogP contribution in [0.3, 0.4) is 0 Å². The van der Waals surface area contributed by atoms with Gasteiger partial charge in [0, 0.05) is 10.5 Å². The molecule has 14 heavy (non-hydrogen) atoms. The Kier molecular flexibility index (Phi) is 3.48. The van der Waals surface area contributed by atoms with Gasteiger partial charge in [0.2, 0.25) is 0 Å². The van der Waals surface area contributed by atoms with Crippen molar-refractivity contribution in [2.75, 3.05) is 6.54 Å². The van der Waals surface area contributed by atoms with Crippen molar-refractivity contribution >= 4 is 0 Å². The highest BCUT2D eigenvalue weighted by atomic mass is 19.2. The molecule has 0 spiro atoms. The number of azide groups is 1. The molecule has 0 aliphatic rings. The largest absolute Gasteiger partial charge is 0.204 e. The Bertz CT molecular complexity index is 439. The summed E-state index contributed by atoms with van der Waals surface area (Å²) in [5.41, 5.74) is 8.27. The minimum atomic E-state index is -0.944. The van der Waals surface area contributed by atoms with Gasteiger partial charge >= 0.3 is 0 Å². The fourth-order valence-corrected chi connectivity index (χ4v) is 0.782. The van der Waals surface area contributed by atoms with Crippen molar-refractivity contribution in [1.29, 1.82) is 0 Å². The van der Waals surface area contributed by atoms with E-state index in [1.165, 1.54) is 6.07 Å². The van der Waals surface area contributed by atoms with Crippen LogP contribution >= 0.6 is 0 Å². The molecule has 0 saturated carbocycles. The molecule has 1 aromatic carbocycles. The first-order valence-electron chi connectivity index (χ1n) is 3.69. The normalized spacial score (nSPS) is 8.43. The van der Waals surface area contributed by atoms with Crippen molar-refractivity contribution in [1.82, 2.24) is 0 Å². The number of rotatable bonds is 1. The summed E-state index contributed by atoms with van der Waals surface area (Å²) in [5, 5.41) is 3.17. The first-order chi connectivity index (χ1) is 6.74. The fourth-order valence-electron chi connectivity index (χ4n) is 0.782. The summed E-state index contributed by atoms with van der Waals surface area (Å²) < 4.78 is 25.1. The van der Waals surface area contributed by atoms with Crippen LogP contribution in [-0.4, -0.2) is 6.54 Å². The van der Waals surface area contributed by atoms with E-state index in [2.05, 4.69) is 21.9 Å². The van der Waals surface area contributed by atoms with Gasteiger partial charge < -0.3 is 0 Å². The zero-order chi connectivity index (χ0) is 10.4. The van der Waals surface area contributed by atoms with Crippen LogP contribution in [-0.2, 0) is 0 Å². The van der Waals surface area contributed by atoms with Gasteiger partial charge in [0.05, 0.1) is 6.54 Å². The molecule has 0 atom stereocenters. The van der Waals surface area contributed by atoms with Crippen LogP contribution in [0, 0.1) is 23.5 Å². The Morgan fingerprint density at radius 3 is 2.79 bits per heavy atom. The predicted octanol–water partition coefficient (Wildman–Crippen LogP) is 2.63. The lowest BCUT2D eigenvalue weighted by molar-refractivity contribution is 0.508. The number of hydrogen-bond acceptors (Lipinski definition) is 1. The van der Waals surface area contributed by atoms with E-state index in [0.29, 0.717) is 5.56 Å². The summed E-state index contributed by atoms with van der Waals surface area (Å²) in [6.45, 7) is 0.00942. The van der Waals surface area contributed by atoms with Crippen LogP contribution in [0.4, 0.5) is 8.78 Å². The Hall–Kier alpha value is -2.05. The number of hydrogen-bond donors (Lipinski definition) is 0. The molecule has 0 N–H and O–H groups in total. The molecule has 0 aliphatic heterocycles. The van der Waals surface area contributed by atoms with Gasteiger partial charge in [-0.15, -0.1) is 0 Å². The van der Waals surface area contributed by atoms with Crippen molar-refractivity contribution in [3.63, 3.8) is 0 Å². The summed E-state index contributed by atoms with van der Waals surface area (Å²) in [4.78, 5) is 2.49. The molecule has 1 rings (SSSR count). The highest BCUT2D eigenvalue weighted by Crippen LogP contribution is 2.07. The maximum atomic E-state index is 12.6. The average Bonchev–Trinajstić information content (AvgIpc) is 2.18. The zero-order valence-electron chi connectivity index (χ0n) is 7.04. The van der Waals surface area contributed by atoms with Gasteiger partial charge in [-0.1, -0.05) is 17.0 Å². The molecule has 70 valence electrons. The molecule has 0 amide bonds. The first-order valence-corrected chi connectivity index (χ1v) is 3.69. The Morgan fingerprint density at radius 1 is 1.36 bits per heavy atom. The quantitative estimate of drug-likeness (QED) is 0.285. The second-order valence-corrected chi connectivity index (χ2v) is 2.32. The Labute approximate surface area is 79.0 Å². The average molecular weight is 193 g/mol. The van der Waals surface area contributed by atoms with Crippen LogP contribution in [0.1, 0.15) is 5.56 Å². The molecular weight excluding hydrogens is 188 g/mol. The second kappa shape index (κ2) is 4.85. The van der Waals surface area contributed by atoms with E-state index in [0.717, 1.165) is 12.1 Å². The van der Waals surface area contributed by atoms with Crippen molar-refractivity contribution in [2.24, 2.45) is 5.11 Å². The molecule has 0 aromatic heterocycles. The minimum Gasteiger partial charge on any atom is -0.204 e. The van der Waals surface area contributed by atoms with E-state index in [1.54, 1.807) is 0 Å². The SMILES string of the molecule is [N-]=[N+]=NCC#Cc1ccc(F)c(F)c1. The molecule has 1 aromatic rings. The van der Waals surface area contributed by atoms with Crippen LogP contribution in [0.5, 0.6) is 0 Å². The summed E-state index contributed by atoms with van der Waals surface area (Å²) in [5.74, 6) is 3.16. The Morgan fingerprint density at radius 2 is 2.14 bits per heavy atom. The van der Waals surface area contributed by atoms with Gasteiger partial charge in [-0.3, -0.25) is 0 Å². The minimum absolute atomic E-state index is 0.00942. The predicted molar refractivity (Wildman–Crippen MR) is 47.2 cm³/mol. The van der Waals surface area contributed by atoms with Crippen molar-refractivity contribution in [2.45, 2.75) is 0 Å². The molecule has 0 heterocycles. The van der Waals surface area contributed by atoms with E-state index in [1.807, 2.05) is 0 Å². The van der Waals surface area contributed by atoms with Gasteiger partial charge in [-0.05, 0) is 23.7 Å². The maximum absolute atomic E-state index is 12.6. The molecule has 5 heteroatoms. The van der Waals surface area contributed by atoms with Crippen molar-refractivity contribution in [3.05, 3.63) is 45.8 Å². The molecular formula is C9H5F2N3. The topological polar surface area (TPSA) is 48.8 Å². The second-order valence-electron chi connectivity index (χ2n) is 2.32. The lowest BCUT2D eigenvalue weighted by Gasteiger charge is -1.92. The lowest BCUT2D eigenvalue weighted by atomic mass is 10.2. The number of nitrogens with zero attached hydrogens (tertiary/aromatic N) is 3. The highest BCUT2D eigenvalue weighted by Gasteiger charge is 1.99. The fraction of sp³-hybridized carbons (Fsp3) is 0.111. The third kappa shape index (κ3) is 2.77. The summed E-state index contributed by atoms with van der Waals surface area (Å²) in [7, 11) is 0. The van der Waals surface area contributed by atoms with E-state index in [9.17, 15) is 8.78 Å². The molecule has 0 unspecified atom stereocenters. The standard InChI is InChI=1S/C9H5F2N3/c10-8-4-3-7(6-9(8)11)2-1-5-13-14-12/h3-4,6H,5H2. The molecule has 0 fully saturated rings. The molecule has 3 nitrogen and oxygen atoms in total. The zero-order valence-corrected chi connectivity index (χ0v) is 7.04. The van der Waals surface area contributed by atoms with E-state index >= 15 is 0 Å². The third-order valence-corrected chi connectivity index (χ3v) is 1.37. The molecule has 0 aliphatic carbocycles. The van der Waals surface area contributed by atoms with Gasteiger partial charge in [-0.2, -0.15) is 0 Å². The number of halogens is 2. The van der Waals surface area contributed by atoms with E-state index in [-0.39, 0.29) is 6.54 Å². The first kappa shape index (κ1) is 10.0. The van der Waals surface area contributed by atoms with Gasteiger partial charge in [0.1, 0.15) is 0 Å². The molecule has 0 radical (unpaired) electrons. The third-order valence-electron chi connectivity index (χ3n) is 1.37. The Balaban J connectivity index is 2.80. The summed E-state index contributed by atoms with van der Waals surface area (Å²) >= 11 is 0. The van der Waals surface area contributed by atoms with Gasteiger partial charge in [-0.25, -0.2) is 8.78 Å². The van der Waals surface area contributed by atoms with E-state index in [4.69, 9.17) is 5.53 Å². The van der Waals surface area contributed by atoms with Crippen LogP contribution in [0.15, 0.2) is 23.3 Å². The van der Waals surface area contributed by atoms with Crippen molar-refractivity contribution in [3.8, 4) is 11.8 Å². The monoisotopic (exact) mass is 193 g/mol. The number of benzene rings is 1. The summed E-state index contributed by atoms with van der Waals surface area (Å²) in [6, 6.07) is 3.33. The van der Waals surface area contributed by atoms with Crippen LogP contribution < -0.4 is 0 Å². The van der Waals surface area contributed by atoms with E-state index < -0.39 is 11.6 Å².